The second kappa shape index (κ2) is 9.04. The highest BCUT2D eigenvalue weighted by Gasteiger charge is 2.21. The van der Waals surface area contributed by atoms with Crippen molar-refractivity contribution in [3.8, 4) is 6.07 Å². The second-order valence-corrected chi connectivity index (χ2v) is 7.99. The quantitative estimate of drug-likeness (QED) is 0.463. The number of nitrogens with zero attached hydrogens (tertiary/aromatic N) is 2. The van der Waals surface area contributed by atoms with Gasteiger partial charge >= 0.3 is 0 Å². The summed E-state index contributed by atoms with van der Waals surface area (Å²) < 4.78 is 0.869. The van der Waals surface area contributed by atoms with E-state index >= 15 is 0 Å². The molecule has 0 spiro atoms. The van der Waals surface area contributed by atoms with E-state index in [-0.39, 0.29) is 0 Å². The maximum absolute atomic E-state index is 10.8. The van der Waals surface area contributed by atoms with Crippen molar-refractivity contribution in [1.82, 2.24) is 10.3 Å². The van der Waals surface area contributed by atoms with Crippen LogP contribution >= 0.6 is 39.1 Å². The number of nitriles is 1. The first-order valence-corrected chi connectivity index (χ1v) is 9.95. The number of aromatic nitrogens is 1. The third-order valence-electron chi connectivity index (χ3n) is 4.33. The van der Waals surface area contributed by atoms with Crippen molar-refractivity contribution in [3.05, 3.63) is 97.2 Å². The molecule has 3 aromatic rings. The van der Waals surface area contributed by atoms with Crippen molar-refractivity contribution in [2.24, 2.45) is 0 Å². The third-order valence-corrected chi connectivity index (χ3v) is 5.56. The normalized spacial score (nSPS) is 13.0. The van der Waals surface area contributed by atoms with E-state index in [4.69, 9.17) is 28.5 Å². The van der Waals surface area contributed by atoms with Crippen LogP contribution in [0.2, 0.25) is 10.0 Å². The molecule has 0 bridgehead atoms. The zero-order valence-electron chi connectivity index (χ0n) is 14.8. The molecule has 0 saturated carbocycles. The maximum atomic E-state index is 10.8. The van der Waals surface area contributed by atoms with Gasteiger partial charge in [-0.3, -0.25) is 10.3 Å². The molecule has 2 aromatic carbocycles. The molecule has 0 radical (unpaired) electrons. The van der Waals surface area contributed by atoms with Crippen molar-refractivity contribution >= 4 is 39.1 Å². The Morgan fingerprint density at radius 2 is 1.82 bits per heavy atom. The Kier molecular flexibility index (Phi) is 6.71. The van der Waals surface area contributed by atoms with E-state index in [1.807, 2.05) is 25.1 Å². The summed E-state index contributed by atoms with van der Waals surface area (Å²) in [6.07, 6.45) is 0.704. The molecule has 0 aliphatic rings. The summed E-state index contributed by atoms with van der Waals surface area (Å²) in [7, 11) is 0. The van der Waals surface area contributed by atoms with E-state index in [9.17, 15) is 5.11 Å². The van der Waals surface area contributed by atoms with Gasteiger partial charge in [-0.05, 0) is 53.9 Å². The number of aryl methyl sites for hydroxylation is 1. The lowest BCUT2D eigenvalue weighted by atomic mass is 10.0. The zero-order chi connectivity index (χ0) is 20.3. The van der Waals surface area contributed by atoms with Gasteiger partial charge in [0.15, 0.2) is 0 Å². The molecule has 142 valence electrons. The number of hydrogen-bond acceptors (Lipinski definition) is 4. The van der Waals surface area contributed by atoms with Crippen LogP contribution in [0.15, 0.2) is 59.2 Å². The van der Waals surface area contributed by atoms with Crippen molar-refractivity contribution in [2.75, 3.05) is 0 Å². The lowest BCUT2D eigenvalue weighted by molar-refractivity contribution is 0.128. The van der Waals surface area contributed by atoms with Gasteiger partial charge in [-0.2, -0.15) is 5.26 Å². The van der Waals surface area contributed by atoms with Crippen molar-refractivity contribution in [1.29, 1.82) is 5.26 Å². The van der Waals surface area contributed by atoms with Crippen molar-refractivity contribution in [3.63, 3.8) is 0 Å². The van der Waals surface area contributed by atoms with Crippen LogP contribution in [0.25, 0.3) is 0 Å². The zero-order valence-corrected chi connectivity index (χ0v) is 17.9. The van der Waals surface area contributed by atoms with Crippen LogP contribution in [-0.2, 0) is 0 Å². The van der Waals surface area contributed by atoms with Gasteiger partial charge in [0.2, 0.25) is 0 Å². The summed E-state index contributed by atoms with van der Waals surface area (Å²) >= 11 is 15.7. The predicted molar refractivity (Wildman–Crippen MR) is 114 cm³/mol. The minimum atomic E-state index is -0.980. The standard InChI is InChI=1S/C21H16BrCl2N3O/c1-12-8-14(2-3-15(12)11-25)21(28)27-20(19-10-16(22)6-7-26-19)13-4-5-17(23)18(24)9-13/h2-10,20-21,27-28H,1H3. The molecule has 0 fully saturated rings. The fraction of sp³-hybridized carbons (Fsp3) is 0.143. The van der Waals surface area contributed by atoms with Gasteiger partial charge in [-0.1, -0.05) is 57.3 Å². The molecule has 7 heteroatoms. The van der Waals surface area contributed by atoms with Crippen LogP contribution in [-0.4, -0.2) is 10.1 Å². The van der Waals surface area contributed by atoms with Crippen LogP contribution < -0.4 is 5.32 Å². The summed E-state index contributed by atoms with van der Waals surface area (Å²) in [5, 5.41) is 24.0. The van der Waals surface area contributed by atoms with E-state index in [1.165, 1.54) is 0 Å². The topological polar surface area (TPSA) is 68.9 Å². The number of aliphatic hydroxyl groups excluding tert-OH is 1. The number of halogens is 3. The van der Waals surface area contributed by atoms with Crippen LogP contribution in [0.5, 0.6) is 0 Å². The summed E-state index contributed by atoms with van der Waals surface area (Å²) in [6.45, 7) is 1.83. The van der Waals surface area contributed by atoms with Crippen LogP contribution in [0.3, 0.4) is 0 Å². The van der Waals surface area contributed by atoms with Crippen LogP contribution in [0.1, 0.15) is 40.2 Å². The van der Waals surface area contributed by atoms with Crippen LogP contribution in [0.4, 0.5) is 0 Å². The second-order valence-electron chi connectivity index (χ2n) is 6.26. The average Bonchev–Trinajstić information content (AvgIpc) is 2.68. The number of rotatable bonds is 5. The molecule has 4 nitrogen and oxygen atoms in total. The fourth-order valence-electron chi connectivity index (χ4n) is 2.86. The van der Waals surface area contributed by atoms with Gasteiger partial charge in [-0.25, -0.2) is 0 Å². The molecule has 2 N–H and O–H groups in total. The van der Waals surface area contributed by atoms with E-state index in [0.29, 0.717) is 26.9 Å². The minimum absolute atomic E-state index is 0.421. The summed E-state index contributed by atoms with van der Waals surface area (Å²) in [5.74, 6) is 0. The largest absolute Gasteiger partial charge is 0.374 e. The van der Waals surface area contributed by atoms with Gasteiger partial charge in [0.1, 0.15) is 6.23 Å². The van der Waals surface area contributed by atoms with Crippen molar-refractivity contribution < 1.29 is 5.11 Å². The summed E-state index contributed by atoms with van der Waals surface area (Å²) in [4.78, 5) is 4.44. The fourth-order valence-corrected chi connectivity index (χ4v) is 3.52. The van der Waals surface area contributed by atoms with Crippen molar-refractivity contribution in [2.45, 2.75) is 19.2 Å². The predicted octanol–water partition coefficient (Wildman–Crippen LogP) is 5.70. The lowest BCUT2D eigenvalue weighted by Crippen LogP contribution is -2.28. The Hall–Kier alpha value is -1.94. The van der Waals surface area contributed by atoms with E-state index < -0.39 is 12.3 Å². The first-order chi connectivity index (χ1) is 13.4. The van der Waals surface area contributed by atoms with E-state index in [2.05, 4.69) is 32.3 Å². The molecular weight excluding hydrogens is 461 g/mol. The van der Waals surface area contributed by atoms with E-state index in [0.717, 1.165) is 15.6 Å². The molecular formula is C21H16BrCl2N3O. The molecule has 28 heavy (non-hydrogen) atoms. The van der Waals surface area contributed by atoms with E-state index in [1.54, 1.807) is 36.5 Å². The molecule has 2 atom stereocenters. The number of aliphatic hydroxyl groups is 1. The number of pyridine rings is 1. The van der Waals surface area contributed by atoms with Gasteiger partial charge in [-0.15, -0.1) is 0 Å². The third kappa shape index (κ3) is 4.72. The highest BCUT2D eigenvalue weighted by atomic mass is 79.9. The molecule has 2 unspecified atom stereocenters. The Morgan fingerprint density at radius 1 is 1.07 bits per heavy atom. The van der Waals surface area contributed by atoms with Crippen LogP contribution in [0, 0.1) is 18.3 Å². The Labute approximate surface area is 181 Å². The first-order valence-electron chi connectivity index (χ1n) is 8.40. The summed E-state index contributed by atoms with van der Waals surface area (Å²) in [6, 6.07) is 15.9. The Bertz CT molecular complexity index is 1050. The molecule has 0 aliphatic heterocycles. The molecule has 0 saturated heterocycles. The Morgan fingerprint density at radius 3 is 2.46 bits per heavy atom. The molecule has 3 rings (SSSR count). The maximum Gasteiger partial charge on any atom is 0.131 e. The number of nitrogens with one attached hydrogen (secondary N) is 1. The lowest BCUT2D eigenvalue weighted by Gasteiger charge is -2.24. The highest BCUT2D eigenvalue weighted by Crippen LogP contribution is 2.31. The monoisotopic (exact) mass is 475 g/mol. The Balaban J connectivity index is 1.98. The average molecular weight is 477 g/mol. The van der Waals surface area contributed by atoms with Gasteiger partial charge in [0.05, 0.1) is 33.4 Å². The SMILES string of the molecule is Cc1cc(C(O)NC(c2ccc(Cl)c(Cl)c2)c2cc(Br)ccn2)ccc1C#N. The highest BCUT2D eigenvalue weighted by molar-refractivity contribution is 9.10. The summed E-state index contributed by atoms with van der Waals surface area (Å²) in [5.41, 5.74) is 3.54. The number of hydrogen-bond donors (Lipinski definition) is 2. The molecule has 1 aromatic heterocycles. The molecule has 1 heterocycles. The molecule has 0 amide bonds. The minimum Gasteiger partial charge on any atom is -0.374 e. The van der Waals surface area contributed by atoms with Gasteiger partial charge in [0.25, 0.3) is 0 Å². The first kappa shape index (κ1) is 20.8. The smallest absolute Gasteiger partial charge is 0.131 e. The van der Waals surface area contributed by atoms with Gasteiger partial charge in [0, 0.05) is 10.7 Å². The molecule has 0 aliphatic carbocycles. The number of benzene rings is 2. The van der Waals surface area contributed by atoms with Gasteiger partial charge < -0.3 is 5.11 Å².